The molecule has 0 bridgehead atoms. The zero-order valence-corrected chi connectivity index (χ0v) is 21.9. The normalized spacial score (nSPS) is 24.9. The van der Waals surface area contributed by atoms with E-state index in [1.54, 1.807) is 0 Å². The van der Waals surface area contributed by atoms with Crippen LogP contribution in [0.2, 0.25) is 0 Å². The van der Waals surface area contributed by atoms with Gasteiger partial charge in [-0.25, -0.2) is 0 Å². The molecule has 1 aromatic carbocycles. The van der Waals surface area contributed by atoms with E-state index in [9.17, 15) is 5.02 Å². The van der Waals surface area contributed by atoms with Gasteiger partial charge in [0, 0.05) is 5.56 Å². The smallest absolute Gasteiger partial charge is 0.511 e. The van der Waals surface area contributed by atoms with Crippen molar-refractivity contribution < 1.29 is 14.3 Å². The number of aryl methyl sites for hydroxylation is 1. The van der Waals surface area contributed by atoms with E-state index >= 15 is 0 Å². The first kappa shape index (κ1) is 26.3. The first-order valence-electron chi connectivity index (χ1n) is 12.4. The maximum Gasteiger partial charge on any atom is 0.710 e. The standard InChI is InChI=1S/C27H47BO3/c1-11-12-16-27(17-15-19(2)21(4)18-27)31-28(29)30-24-22(25(5,6)7)14-13-20(3)23(24)26(8,9)10/h13-14,19,21,29H,11-12,15-18H2,1-10H3. The lowest BCUT2D eigenvalue weighted by molar-refractivity contribution is -0.0426. The minimum absolute atomic E-state index is 0.0998. The topological polar surface area (TPSA) is 38.7 Å². The van der Waals surface area contributed by atoms with Crippen LogP contribution in [0.15, 0.2) is 12.1 Å². The molecule has 3 unspecified atom stereocenters. The third kappa shape index (κ3) is 6.51. The van der Waals surface area contributed by atoms with Gasteiger partial charge in [-0.2, -0.15) is 0 Å². The lowest BCUT2D eigenvalue weighted by atomic mass is 9.70. The van der Waals surface area contributed by atoms with Crippen molar-refractivity contribution in [2.24, 2.45) is 11.8 Å². The van der Waals surface area contributed by atoms with E-state index < -0.39 is 7.32 Å². The Kier molecular flexibility index (Phi) is 8.36. The molecule has 176 valence electrons. The number of unbranched alkanes of at least 4 members (excludes halogenated alkanes) is 1. The Morgan fingerprint density at radius 2 is 1.71 bits per heavy atom. The van der Waals surface area contributed by atoms with Crippen molar-refractivity contribution in [1.82, 2.24) is 0 Å². The van der Waals surface area contributed by atoms with Gasteiger partial charge in [-0.05, 0) is 66.4 Å². The second kappa shape index (κ2) is 9.87. The molecular formula is C27H47BO3. The van der Waals surface area contributed by atoms with Crippen molar-refractivity contribution >= 4 is 7.32 Å². The van der Waals surface area contributed by atoms with Gasteiger partial charge in [-0.1, -0.05) is 87.3 Å². The molecule has 0 saturated heterocycles. The van der Waals surface area contributed by atoms with Crippen molar-refractivity contribution in [1.29, 1.82) is 0 Å². The molecule has 1 fully saturated rings. The molecule has 1 aliphatic rings. The molecule has 0 aliphatic heterocycles. The fourth-order valence-electron chi connectivity index (χ4n) is 5.22. The molecule has 4 heteroatoms. The molecule has 1 aliphatic carbocycles. The Morgan fingerprint density at radius 1 is 1.06 bits per heavy atom. The largest absolute Gasteiger partial charge is 0.710 e. The highest BCUT2D eigenvalue weighted by atomic mass is 16.7. The predicted molar refractivity (Wildman–Crippen MR) is 133 cm³/mol. The van der Waals surface area contributed by atoms with E-state index in [-0.39, 0.29) is 16.4 Å². The summed E-state index contributed by atoms with van der Waals surface area (Å²) in [6.45, 7) is 22.2. The molecule has 0 amide bonds. The molecule has 31 heavy (non-hydrogen) atoms. The van der Waals surface area contributed by atoms with E-state index in [4.69, 9.17) is 9.31 Å². The summed E-state index contributed by atoms with van der Waals surface area (Å²) in [4.78, 5) is 0. The average Bonchev–Trinajstić information content (AvgIpc) is 2.61. The molecule has 3 atom stereocenters. The van der Waals surface area contributed by atoms with Gasteiger partial charge < -0.3 is 14.3 Å². The van der Waals surface area contributed by atoms with E-state index in [1.807, 2.05) is 0 Å². The number of hydrogen-bond acceptors (Lipinski definition) is 3. The van der Waals surface area contributed by atoms with Gasteiger partial charge in [-0.15, -0.1) is 0 Å². The van der Waals surface area contributed by atoms with Crippen LogP contribution in [0.3, 0.4) is 0 Å². The van der Waals surface area contributed by atoms with Crippen LogP contribution in [0.25, 0.3) is 0 Å². The fourth-order valence-corrected chi connectivity index (χ4v) is 5.22. The summed E-state index contributed by atoms with van der Waals surface area (Å²) < 4.78 is 12.7. The second-order valence-corrected chi connectivity index (χ2v) is 12.2. The molecule has 3 nitrogen and oxygen atoms in total. The molecule has 1 aromatic rings. The molecule has 0 aromatic heterocycles. The van der Waals surface area contributed by atoms with Crippen LogP contribution in [0.1, 0.15) is 118 Å². The molecule has 1 saturated carbocycles. The Balaban J connectivity index is 2.39. The highest BCUT2D eigenvalue weighted by molar-refractivity contribution is 6.36. The van der Waals surface area contributed by atoms with Crippen LogP contribution in [-0.2, 0) is 15.5 Å². The zero-order chi connectivity index (χ0) is 23.6. The van der Waals surface area contributed by atoms with E-state index in [0.717, 1.165) is 55.4 Å². The van der Waals surface area contributed by atoms with Gasteiger partial charge in [0.25, 0.3) is 0 Å². The highest BCUT2D eigenvalue weighted by Crippen LogP contribution is 2.44. The van der Waals surface area contributed by atoms with Crippen LogP contribution in [-0.4, -0.2) is 17.9 Å². The Labute approximate surface area is 192 Å². The zero-order valence-electron chi connectivity index (χ0n) is 21.9. The Bertz CT molecular complexity index is 727. The summed E-state index contributed by atoms with van der Waals surface area (Å²) >= 11 is 0. The maximum absolute atomic E-state index is 11.1. The molecule has 0 heterocycles. The van der Waals surface area contributed by atoms with Gasteiger partial charge in [0.05, 0.1) is 5.60 Å². The van der Waals surface area contributed by atoms with Gasteiger partial charge in [0.2, 0.25) is 0 Å². The molecule has 0 radical (unpaired) electrons. The fraction of sp³-hybridized carbons (Fsp3) is 0.778. The Morgan fingerprint density at radius 3 is 2.23 bits per heavy atom. The SMILES string of the molecule is CCCCC1(OB(O)Oc2c(C(C)(C)C)ccc(C)c2C(C)(C)C)CCC(C)C(C)C1. The lowest BCUT2D eigenvalue weighted by Gasteiger charge is -2.43. The summed E-state index contributed by atoms with van der Waals surface area (Å²) in [6, 6.07) is 4.32. The monoisotopic (exact) mass is 430 g/mol. The minimum atomic E-state index is -1.26. The summed E-state index contributed by atoms with van der Waals surface area (Å²) in [6.07, 6.45) is 6.34. The van der Waals surface area contributed by atoms with Crippen molar-refractivity contribution in [2.45, 2.75) is 124 Å². The van der Waals surface area contributed by atoms with Gasteiger partial charge in [-0.3, -0.25) is 0 Å². The van der Waals surface area contributed by atoms with Gasteiger partial charge in [0.15, 0.2) is 0 Å². The van der Waals surface area contributed by atoms with Crippen LogP contribution < -0.4 is 4.65 Å². The van der Waals surface area contributed by atoms with Crippen molar-refractivity contribution in [3.63, 3.8) is 0 Å². The van der Waals surface area contributed by atoms with Gasteiger partial charge in [0.1, 0.15) is 5.75 Å². The van der Waals surface area contributed by atoms with E-state index in [2.05, 4.69) is 81.4 Å². The summed E-state index contributed by atoms with van der Waals surface area (Å²) in [5, 5.41) is 11.1. The molecule has 1 N–H and O–H groups in total. The van der Waals surface area contributed by atoms with Crippen LogP contribution >= 0.6 is 0 Å². The van der Waals surface area contributed by atoms with Crippen LogP contribution in [0, 0.1) is 18.8 Å². The third-order valence-corrected chi connectivity index (χ3v) is 7.20. The first-order valence-corrected chi connectivity index (χ1v) is 12.4. The minimum Gasteiger partial charge on any atom is -0.511 e. The Hall–Kier alpha value is -0.995. The van der Waals surface area contributed by atoms with Crippen molar-refractivity contribution in [3.8, 4) is 5.75 Å². The number of hydrogen-bond donors (Lipinski definition) is 1. The van der Waals surface area contributed by atoms with Crippen molar-refractivity contribution in [2.75, 3.05) is 0 Å². The summed E-state index contributed by atoms with van der Waals surface area (Å²) in [5.41, 5.74) is 2.94. The third-order valence-electron chi connectivity index (χ3n) is 7.20. The number of rotatable bonds is 7. The second-order valence-electron chi connectivity index (χ2n) is 12.2. The molecular weight excluding hydrogens is 383 g/mol. The summed E-state index contributed by atoms with van der Waals surface area (Å²) in [7, 11) is -1.26. The van der Waals surface area contributed by atoms with E-state index in [1.165, 1.54) is 5.56 Å². The molecule has 2 rings (SSSR count). The van der Waals surface area contributed by atoms with Crippen LogP contribution in [0.5, 0.6) is 5.75 Å². The first-order chi connectivity index (χ1) is 14.2. The number of benzene rings is 1. The van der Waals surface area contributed by atoms with Crippen LogP contribution in [0.4, 0.5) is 0 Å². The average molecular weight is 430 g/mol. The maximum atomic E-state index is 11.1. The quantitative estimate of drug-likeness (QED) is 0.460. The van der Waals surface area contributed by atoms with Crippen molar-refractivity contribution in [3.05, 3.63) is 28.8 Å². The summed E-state index contributed by atoms with van der Waals surface area (Å²) in [5.74, 6) is 2.08. The highest BCUT2D eigenvalue weighted by Gasteiger charge is 2.43. The van der Waals surface area contributed by atoms with Gasteiger partial charge >= 0.3 is 7.32 Å². The lowest BCUT2D eigenvalue weighted by Crippen LogP contribution is -2.46. The van der Waals surface area contributed by atoms with E-state index in [0.29, 0.717) is 11.8 Å². The molecule has 0 spiro atoms. The predicted octanol–water partition coefficient (Wildman–Crippen LogP) is 7.35.